The highest BCUT2D eigenvalue weighted by molar-refractivity contribution is 5.62. The second-order valence-corrected chi connectivity index (χ2v) is 4.06. The summed E-state index contributed by atoms with van der Waals surface area (Å²) >= 11 is 0. The summed E-state index contributed by atoms with van der Waals surface area (Å²) in [7, 11) is 0. The van der Waals surface area contributed by atoms with Gasteiger partial charge in [-0.1, -0.05) is 26.0 Å². The Balaban J connectivity index is 2.60. The number of rotatable bonds is 6. The average molecular weight is 231 g/mol. The molecule has 0 aromatic heterocycles. The van der Waals surface area contributed by atoms with Gasteiger partial charge >= 0.3 is 0 Å². The van der Waals surface area contributed by atoms with E-state index in [2.05, 4.69) is 30.1 Å². The fourth-order valence-corrected chi connectivity index (χ4v) is 1.87. The normalized spacial score (nSPS) is 10.3. The number of hydrogen-bond donors (Lipinski definition) is 1. The van der Waals surface area contributed by atoms with Gasteiger partial charge in [0, 0.05) is 13.1 Å². The lowest BCUT2D eigenvalue weighted by molar-refractivity contribution is 0.316. The third-order valence-electron chi connectivity index (χ3n) is 3.02. The first kappa shape index (κ1) is 13.5. The lowest BCUT2D eigenvalue weighted by atomic mass is 10.1. The van der Waals surface area contributed by atoms with Crippen LogP contribution in [0.4, 0.5) is 5.69 Å². The van der Waals surface area contributed by atoms with Gasteiger partial charge in [0.2, 0.25) is 0 Å². The van der Waals surface area contributed by atoms with E-state index < -0.39 is 0 Å². The third kappa shape index (κ3) is 3.76. The smallest absolute Gasteiger partial charge is 0.101 e. The van der Waals surface area contributed by atoms with E-state index in [-0.39, 0.29) is 0 Å². The summed E-state index contributed by atoms with van der Waals surface area (Å²) < 4.78 is 0. The van der Waals surface area contributed by atoms with Crippen molar-refractivity contribution in [1.82, 2.24) is 4.90 Å². The first-order valence-corrected chi connectivity index (χ1v) is 6.18. The highest BCUT2D eigenvalue weighted by atomic mass is 15.1. The molecule has 0 bridgehead atoms. The van der Waals surface area contributed by atoms with Crippen LogP contribution in [0, 0.1) is 18.3 Å². The zero-order chi connectivity index (χ0) is 12.7. The van der Waals surface area contributed by atoms with E-state index in [4.69, 9.17) is 5.26 Å². The standard InChI is InChI=1S/C14H21N3/c1-4-17(5-2)10-9-16-14-12(3)7-6-8-13(14)11-15/h6-8,16H,4-5,9-10H2,1-3H3. The van der Waals surface area contributed by atoms with Gasteiger partial charge in [-0.05, 0) is 31.6 Å². The number of anilines is 1. The zero-order valence-corrected chi connectivity index (χ0v) is 11.0. The molecule has 1 aromatic carbocycles. The van der Waals surface area contributed by atoms with Crippen molar-refractivity contribution in [2.24, 2.45) is 0 Å². The molecule has 17 heavy (non-hydrogen) atoms. The van der Waals surface area contributed by atoms with Crippen LogP contribution in [-0.2, 0) is 0 Å². The van der Waals surface area contributed by atoms with Gasteiger partial charge < -0.3 is 10.2 Å². The maximum atomic E-state index is 9.04. The molecule has 92 valence electrons. The SMILES string of the molecule is CCN(CC)CCNc1c(C)cccc1C#N. The minimum atomic E-state index is 0.726. The molecular formula is C14H21N3. The molecule has 1 aromatic rings. The Hall–Kier alpha value is -1.53. The average Bonchev–Trinajstić information content (AvgIpc) is 2.36. The van der Waals surface area contributed by atoms with Crippen LogP contribution in [0.25, 0.3) is 0 Å². The molecule has 0 heterocycles. The number of likely N-dealkylation sites (N-methyl/N-ethyl adjacent to an activating group) is 1. The van der Waals surface area contributed by atoms with E-state index in [0.717, 1.165) is 43.0 Å². The van der Waals surface area contributed by atoms with Crippen LogP contribution in [0.15, 0.2) is 18.2 Å². The van der Waals surface area contributed by atoms with Crippen LogP contribution in [-0.4, -0.2) is 31.1 Å². The molecule has 0 radical (unpaired) electrons. The maximum absolute atomic E-state index is 9.04. The van der Waals surface area contributed by atoms with Gasteiger partial charge in [0.05, 0.1) is 11.3 Å². The predicted octanol–water partition coefficient (Wildman–Crippen LogP) is 2.62. The van der Waals surface area contributed by atoms with Gasteiger partial charge in [0.15, 0.2) is 0 Å². The number of nitriles is 1. The van der Waals surface area contributed by atoms with Crippen LogP contribution >= 0.6 is 0 Å². The summed E-state index contributed by atoms with van der Waals surface area (Å²) in [6, 6.07) is 8.03. The van der Waals surface area contributed by atoms with E-state index in [0.29, 0.717) is 0 Å². The lowest BCUT2D eigenvalue weighted by Gasteiger charge is -2.19. The van der Waals surface area contributed by atoms with Gasteiger partial charge in [0.1, 0.15) is 6.07 Å². The summed E-state index contributed by atoms with van der Waals surface area (Å²) in [5.41, 5.74) is 2.83. The van der Waals surface area contributed by atoms with Crippen molar-refractivity contribution in [3.8, 4) is 6.07 Å². The second-order valence-electron chi connectivity index (χ2n) is 4.06. The minimum absolute atomic E-state index is 0.726. The van der Waals surface area contributed by atoms with Crippen molar-refractivity contribution < 1.29 is 0 Å². The second kappa shape index (κ2) is 6.93. The third-order valence-corrected chi connectivity index (χ3v) is 3.02. The summed E-state index contributed by atoms with van der Waals surface area (Å²) in [5, 5.41) is 12.4. The summed E-state index contributed by atoms with van der Waals surface area (Å²) in [6.45, 7) is 10.4. The topological polar surface area (TPSA) is 39.1 Å². The van der Waals surface area contributed by atoms with E-state index >= 15 is 0 Å². The van der Waals surface area contributed by atoms with Gasteiger partial charge in [0.25, 0.3) is 0 Å². The Morgan fingerprint density at radius 3 is 2.59 bits per heavy atom. The molecule has 0 fully saturated rings. The van der Waals surface area contributed by atoms with Crippen molar-refractivity contribution in [2.75, 3.05) is 31.5 Å². The van der Waals surface area contributed by atoms with Gasteiger partial charge in [-0.2, -0.15) is 5.26 Å². The van der Waals surface area contributed by atoms with Crippen LogP contribution in [0.2, 0.25) is 0 Å². The number of aryl methyl sites for hydroxylation is 1. The van der Waals surface area contributed by atoms with Crippen molar-refractivity contribution in [3.05, 3.63) is 29.3 Å². The molecule has 0 aliphatic rings. The Bertz CT molecular complexity index is 389. The Morgan fingerprint density at radius 1 is 1.29 bits per heavy atom. The number of benzene rings is 1. The number of nitrogens with zero attached hydrogens (tertiary/aromatic N) is 2. The van der Waals surface area contributed by atoms with E-state index in [1.54, 1.807) is 0 Å². The molecule has 1 rings (SSSR count). The van der Waals surface area contributed by atoms with Crippen LogP contribution in [0.3, 0.4) is 0 Å². The van der Waals surface area contributed by atoms with E-state index in [1.165, 1.54) is 0 Å². The molecule has 0 saturated carbocycles. The summed E-state index contributed by atoms with van der Waals surface area (Å²) in [4.78, 5) is 2.36. The molecule has 0 aliphatic heterocycles. The quantitative estimate of drug-likeness (QED) is 0.818. The predicted molar refractivity (Wildman–Crippen MR) is 72.2 cm³/mol. The molecule has 0 atom stereocenters. The molecule has 0 aliphatic carbocycles. The zero-order valence-electron chi connectivity index (χ0n) is 11.0. The molecule has 1 N–H and O–H groups in total. The Morgan fingerprint density at radius 2 is 2.00 bits per heavy atom. The first-order valence-electron chi connectivity index (χ1n) is 6.18. The maximum Gasteiger partial charge on any atom is 0.101 e. The van der Waals surface area contributed by atoms with Gasteiger partial charge in [-0.3, -0.25) is 0 Å². The fourth-order valence-electron chi connectivity index (χ4n) is 1.87. The van der Waals surface area contributed by atoms with Crippen LogP contribution in [0.5, 0.6) is 0 Å². The van der Waals surface area contributed by atoms with E-state index in [9.17, 15) is 0 Å². The highest BCUT2D eigenvalue weighted by Gasteiger charge is 2.05. The van der Waals surface area contributed by atoms with E-state index in [1.807, 2.05) is 25.1 Å². The molecule has 3 nitrogen and oxygen atoms in total. The monoisotopic (exact) mass is 231 g/mol. The van der Waals surface area contributed by atoms with Crippen LogP contribution < -0.4 is 5.32 Å². The first-order chi connectivity index (χ1) is 8.22. The van der Waals surface area contributed by atoms with Gasteiger partial charge in [-0.25, -0.2) is 0 Å². The van der Waals surface area contributed by atoms with Crippen LogP contribution in [0.1, 0.15) is 25.0 Å². The summed E-state index contributed by atoms with van der Waals surface area (Å²) in [5.74, 6) is 0. The Kier molecular flexibility index (Phi) is 5.51. The molecule has 0 amide bonds. The van der Waals surface area contributed by atoms with Crippen molar-refractivity contribution >= 4 is 5.69 Å². The number of nitrogens with one attached hydrogen (secondary N) is 1. The largest absolute Gasteiger partial charge is 0.382 e. The lowest BCUT2D eigenvalue weighted by Crippen LogP contribution is -2.28. The number of para-hydroxylation sites is 1. The van der Waals surface area contributed by atoms with Crippen molar-refractivity contribution in [2.45, 2.75) is 20.8 Å². The molecule has 0 saturated heterocycles. The molecule has 0 spiro atoms. The minimum Gasteiger partial charge on any atom is -0.382 e. The molecule has 0 unspecified atom stereocenters. The van der Waals surface area contributed by atoms with Gasteiger partial charge in [-0.15, -0.1) is 0 Å². The Labute approximate surface area is 104 Å². The number of hydrogen-bond acceptors (Lipinski definition) is 3. The van der Waals surface area contributed by atoms with Crippen molar-refractivity contribution in [3.63, 3.8) is 0 Å². The highest BCUT2D eigenvalue weighted by Crippen LogP contribution is 2.19. The molecular weight excluding hydrogens is 210 g/mol. The fraction of sp³-hybridized carbons (Fsp3) is 0.500. The molecule has 3 heteroatoms. The summed E-state index contributed by atoms with van der Waals surface area (Å²) in [6.07, 6.45) is 0. The van der Waals surface area contributed by atoms with Crippen molar-refractivity contribution in [1.29, 1.82) is 5.26 Å².